The Labute approximate surface area is 147 Å². The van der Waals surface area contributed by atoms with Crippen molar-refractivity contribution in [3.8, 4) is 11.5 Å². The van der Waals surface area contributed by atoms with Gasteiger partial charge in [-0.25, -0.2) is 9.78 Å². The van der Waals surface area contributed by atoms with Crippen LogP contribution in [0.15, 0.2) is 24.3 Å². The fraction of sp³-hybridized carbons (Fsp3) is 0.167. The number of carboxylic acid groups (broad SMARTS) is 1. The molecule has 0 fully saturated rings. The van der Waals surface area contributed by atoms with Crippen LogP contribution in [-0.4, -0.2) is 81.7 Å². The summed E-state index contributed by atoms with van der Waals surface area (Å²) >= 11 is 0. The molecule has 2 rings (SSSR count). The SMILES string of the molecule is COc1cc(C(=O)O)nc2c(OC)cccc12.[KH]. The van der Waals surface area contributed by atoms with Crippen molar-refractivity contribution in [3.05, 3.63) is 30.0 Å². The van der Waals surface area contributed by atoms with E-state index in [1.54, 1.807) is 18.2 Å². The van der Waals surface area contributed by atoms with Gasteiger partial charge in [0, 0.05) is 11.5 Å². The summed E-state index contributed by atoms with van der Waals surface area (Å²) < 4.78 is 10.3. The number of nitrogens with zero attached hydrogens (tertiary/aromatic N) is 1. The van der Waals surface area contributed by atoms with Crippen LogP contribution in [0.5, 0.6) is 11.5 Å². The Morgan fingerprint density at radius 1 is 1.22 bits per heavy atom. The molecule has 1 N–H and O–H groups in total. The zero-order valence-corrected chi connectivity index (χ0v) is 9.43. The van der Waals surface area contributed by atoms with Crippen molar-refractivity contribution in [2.75, 3.05) is 14.2 Å². The van der Waals surface area contributed by atoms with Crippen LogP contribution < -0.4 is 9.47 Å². The molecular formula is C12H12KNO4. The van der Waals surface area contributed by atoms with Gasteiger partial charge in [-0.05, 0) is 12.1 Å². The van der Waals surface area contributed by atoms with Gasteiger partial charge >= 0.3 is 57.4 Å². The Kier molecular flexibility index (Phi) is 5.55. The number of fused-ring (bicyclic) bond motifs is 1. The van der Waals surface area contributed by atoms with Crippen molar-refractivity contribution in [2.24, 2.45) is 0 Å². The summed E-state index contributed by atoms with van der Waals surface area (Å²) in [6, 6.07) is 6.71. The van der Waals surface area contributed by atoms with Gasteiger partial charge in [0.05, 0.1) is 14.2 Å². The molecule has 2 aromatic rings. The molecule has 6 heteroatoms. The maximum atomic E-state index is 11.0. The average Bonchev–Trinajstić information content (AvgIpc) is 2.36. The van der Waals surface area contributed by atoms with E-state index in [0.29, 0.717) is 17.0 Å². The van der Waals surface area contributed by atoms with Gasteiger partial charge in [-0.3, -0.25) is 0 Å². The number of pyridine rings is 1. The third-order valence-corrected chi connectivity index (χ3v) is 2.42. The molecule has 5 nitrogen and oxygen atoms in total. The van der Waals surface area contributed by atoms with Crippen molar-refractivity contribution >= 4 is 68.3 Å². The summed E-state index contributed by atoms with van der Waals surface area (Å²) in [5, 5.41) is 9.69. The van der Waals surface area contributed by atoms with Crippen molar-refractivity contribution in [3.63, 3.8) is 0 Å². The number of carboxylic acids is 1. The van der Waals surface area contributed by atoms with Crippen LogP contribution >= 0.6 is 0 Å². The van der Waals surface area contributed by atoms with Crippen molar-refractivity contribution in [2.45, 2.75) is 0 Å². The number of benzene rings is 1. The number of aromatic nitrogens is 1. The fourth-order valence-corrected chi connectivity index (χ4v) is 1.63. The third-order valence-electron chi connectivity index (χ3n) is 2.42. The number of para-hydroxylation sites is 1. The van der Waals surface area contributed by atoms with E-state index >= 15 is 0 Å². The molecule has 90 valence electrons. The molecule has 0 radical (unpaired) electrons. The van der Waals surface area contributed by atoms with Crippen LogP contribution in [0.3, 0.4) is 0 Å². The van der Waals surface area contributed by atoms with Crippen LogP contribution in [0, 0.1) is 0 Å². The second-order valence-electron chi connectivity index (χ2n) is 3.37. The molecule has 1 aromatic heterocycles. The first-order chi connectivity index (χ1) is 8.17. The van der Waals surface area contributed by atoms with E-state index in [-0.39, 0.29) is 57.1 Å². The van der Waals surface area contributed by atoms with E-state index < -0.39 is 5.97 Å². The molecule has 1 heterocycles. The first-order valence-electron chi connectivity index (χ1n) is 4.92. The molecule has 0 atom stereocenters. The molecule has 0 bridgehead atoms. The predicted octanol–water partition coefficient (Wildman–Crippen LogP) is 1.30. The molecule has 0 saturated heterocycles. The first-order valence-corrected chi connectivity index (χ1v) is 4.92. The van der Waals surface area contributed by atoms with Crippen molar-refractivity contribution < 1.29 is 19.4 Å². The molecule has 0 aliphatic heterocycles. The number of hydrogen-bond acceptors (Lipinski definition) is 4. The van der Waals surface area contributed by atoms with Gasteiger partial charge in [0.25, 0.3) is 0 Å². The van der Waals surface area contributed by atoms with Crippen LogP contribution in [0.2, 0.25) is 0 Å². The van der Waals surface area contributed by atoms with Gasteiger partial charge in [0.1, 0.15) is 17.0 Å². The van der Waals surface area contributed by atoms with E-state index in [0.717, 1.165) is 5.39 Å². The molecular weight excluding hydrogens is 261 g/mol. The number of rotatable bonds is 3. The minimum absolute atomic E-state index is 0. The zero-order valence-electron chi connectivity index (χ0n) is 9.43. The zero-order chi connectivity index (χ0) is 12.4. The number of methoxy groups -OCH3 is 2. The monoisotopic (exact) mass is 273 g/mol. The summed E-state index contributed by atoms with van der Waals surface area (Å²) in [4.78, 5) is 15.0. The molecule has 0 unspecified atom stereocenters. The number of hydrogen-bond donors (Lipinski definition) is 1. The molecule has 0 aliphatic rings. The van der Waals surface area contributed by atoms with Crippen LogP contribution in [-0.2, 0) is 0 Å². The standard InChI is InChI=1S/C12H11NO4.K.H/c1-16-9-5-3-4-7-10(17-2)6-8(12(14)15)13-11(7)9;;/h3-6H,1-2H3,(H,14,15);;. The van der Waals surface area contributed by atoms with Crippen LogP contribution in [0.1, 0.15) is 10.5 Å². The van der Waals surface area contributed by atoms with Gasteiger partial charge in [-0.1, -0.05) is 6.07 Å². The van der Waals surface area contributed by atoms with E-state index in [9.17, 15) is 4.79 Å². The van der Waals surface area contributed by atoms with Gasteiger partial charge in [0.2, 0.25) is 0 Å². The van der Waals surface area contributed by atoms with Crippen molar-refractivity contribution in [1.82, 2.24) is 4.98 Å². The van der Waals surface area contributed by atoms with E-state index in [4.69, 9.17) is 14.6 Å². The Morgan fingerprint density at radius 2 is 1.89 bits per heavy atom. The number of aromatic carboxylic acids is 1. The predicted molar refractivity (Wildman–Crippen MR) is 69.0 cm³/mol. The average molecular weight is 273 g/mol. The van der Waals surface area contributed by atoms with Gasteiger partial charge < -0.3 is 14.6 Å². The number of ether oxygens (including phenoxy) is 2. The Hall–Kier alpha value is -0.664. The molecule has 0 saturated carbocycles. The quantitative estimate of drug-likeness (QED) is 0.854. The van der Waals surface area contributed by atoms with Crippen LogP contribution in [0.4, 0.5) is 0 Å². The van der Waals surface area contributed by atoms with Crippen LogP contribution in [0.25, 0.3) is 10.9 Å². The minimum atomic E-state index is -1.10. The van der Waals surface area contributed by atoms with E-state index in [2.05, 4.69) is 4.98 Å². The second-order valence-corrected chi connectivity index (χ2v) is 3.37. The summed E-state index contributed by atoms with van der Waals surface area (Å²) in [7, 11) is 3.00. The number of carbonyl (C=O) groups is 1. The van der Waals surface area contributed by atoms with E-state index in [1.807, 2.05) is 0 Å². The summed E-state index contributed by atoms with van der Waals surface area (Å²) in [6.45, 7) is 0. The Morgan fingerprint density at radius 3 is 2.44 bits per heavy atom. The van der Waals surface area contributed by atoms with Gasteiger partial charge in [-0.2, -0.15) is 0 Å². The van der Waals surface area contributed by atoms with Crippen molar-refractivity contribution in [1.29, 1.82) is 0 Å². The first kappa shape index (κ1) is 15.4. The molecule has 0 spiro atoms. The third kappa shape index (κ3) is 2.84. The van der Waals surface area contributed by atoms with E-state index in [1.165, 1.54) is 20.3 Å². The summed E-state index contributed by atoms with van der Waals surface area (Å²) in [5.74, 6) is -0.119. The summed E-state index contributed by atoms with van der Waals surface area (Å²) in [6.07, 6.45) is 0. The molecule has 18 heavy (non-hydrogen) atoms. The van der Waals surface area contributed by atoms with Gasteiger partial charge in [-0.15, -0.1) is 0 Å². The second kappa shape index (κ2) is 6.49. The normalized spacial score (nSPS) is 9.67. The molecule has 0 aliphatic carbocycles. The topological polar surface area (TPSA) is 68.7 Å². The maximum absolute atomic E-state index is 11.0. The molecule has 1 aromatic carbocycles. The Balaban J connectivity index is 0.00000162. The molecule has 0 amide bonds. The Bertz CT molecular complexity index is 586. The fourth-order valence-electron chi connectivity index (χ4n) is 1.63. The van der Waals surface area contributed by atoms with Gasteiger partial charge in [0.15, 0.2) is 5.69 Å². The summed E-state index contributed by atoms with van der Waals surface area (Å²) in [5.41, 5.74) is 0.408.